The molecule has 205 valence electrons. The second-order valence-corrected chi connectivity index (χ2v) is 8.98. The minimum absolute atomic E-state index is 0. The van der Waals surface area contributed by atoms with Crippen LogP contribution in [-0.4, -0.2) is 113 Å². The van der Waals surface area contributed by atoms with Crippen LogP contribution in [0.5, 0.6) is 0 Å². The quantitative estimate of drug-likeness (QED) is 0.312. The monoisotopic (exact) mass is 553 g/mol. The van der Waals surface area contributed by atoms with Crippen LogP contribution in [-0.2, 0) is 17.1 Å². The van der Waals surface area contributed by atoms with E-state index in [1.165, 1.54) is 0 Å². The van der Waals surface area contributed by atoms with Crippen LogP contribution < -0.4 is 21.3 Å². The molecule has 0 aromatic heterocycles. The van der Waals surface area contributed by atoms with Crippen molar-refractivity contribution in [2.24, 2.45) is 0 Å². The Labute approximate surface area is 226 Å². The van der Waals surface area contributed by atoms with Gasteiger partial charge in [0.1, 0.15) is 0 Å². The van der Waals surface area contributed by atoms with Crippen molar-refractivity contribution in [3.05, 3.63) is 31.9 Å². The third kappa shape index (κ3) is 11.8. The van der Waals surface area contributed by atoms with Crippen LogP contribution in [0.15, 0.2) is 0 Å². The van der Waals surface area contributed by atoms with Gasteiger partial charge in [-0.25, -0.2) is 0 Å². The molecule has 1 radical (unpaired) electrons. The summed E-state index contributed by atoms with van der Waals surface area (Å²) >= 11 is 11.0. The molecule has 0 unspecified atom stereocenters. The number of thiocarbonyl (C=S) groups is 2. The molecule has 0 aromatic carbocycles. The summed E-state index contributed by atoms with van der Waals surface area (Å²) in [6, 6.07) is 0. The number of nitrogens with zero attached hydrogens (tertiary/aromatic N) is 6. The van der Waals surface area contributed by atoms with E-state index in [0.717, 1.165) is 13.1 Å². The third-order valence-corrected chi connectivity index (χ3v) is 5.66. The molecule has 10 nitrogen and oxygen atoms in total. The maximum atomic E-state index is 5.48. The molecule has 3 saturated heterocycles. The average Bonchev–Trinajstić information content (AvgIpc) is 2.75. The summed E-state index contributed by atoms with van der Waals surface area (Å²) in [6.07, 6.45) is 0. The second-order valence-electron chi connectivity index (χ2n) is 8.16. The summed E-state index contributed by atoms with van der Waals surface area (Å²) in [5.41, 5.74) is -0.867. The Morgan fingerprint density at radius 1 is 0.606 bits per heavy atom. The summed E-state index contributed by atoms with van der Waals surface area (Å²) in [6.45, 7) is 12.8. The van der Waals surface area contributed by atoms with Crippen LogP contribution >= 0.6 is 24.4 Å². The second kappa shape index (κ2) is 17.1. The smallest absolute Gasteiger partial charge is 0.166 e. The molecule has 0 atom stereocenters. The number of fused-ring (bicyclic) bond motifs is 15. The summed E-state index contributed by atoms with van der Waals surface area (Å²) in [5.74, 6) is 0. The van der Waals surface area contributed by atoms with E-state index in [9.17, 15) is 0 Å². The molecule has 3 aliphatic heterocycles. The van der Waals surface area contributed by atoms with Gasteiger partial charge in [-0.1, -0.05) is 0 Å². The topological polar surface area (TPSA) is 133 Å². The van der Waals surface area contributed by atoms with Gasteiger partial charge in [0.2, 0.25) is 0 Å². The number of nitrogens with one attached hydrogen (secondary N) is 4. The van der Waals surface area contributed by atoms with Crippen LogP contribution in [0, 0.1) is 0 Å². The van der Waals surface area contributed by atoms with Crippen molar-refractivity contribution in [2.45, 2.75) is 24.9 Å². The van der Waals surface area contributed by atoms with Crippen molar-refractivity contribution in [3.8, 4) is 0 Å². The Balaban J connectivity index is -0.00000109. The van der Waals surface area contributed by atoms with Gasteiger partial charge in [-0.3, -0.25) is 0 Å². The van der Waals surface area contributed by atoms with E-state index in [-0.39, 0.29) is 22.8 Å². The molecule has 13 heteroatoms. The summed E-state index contributed by atoms with van der Waals surface area (Å²) < 4.78 is 0. The minimum Gasteiger partial charge on any atom is -0.662 e. The zero-order valence-electron chi connectivity index (χ0n) is 19.7. The van der Waals surface area contributed by atoms with E-state index >= 15 is 0 Å². The van der Waals surface area contributed by atoms with E-state index in [2.05, 4.69) is 21.3 Å². The van der Waals surface area contributed by atoms with E-state index in [1.54, 1.807) is 0 Å². The Hall–Kier alpha value is -0.341. The summed E-state index contributed by atoms with van der Waals surface area (Å²) in [5, 5.41) is 43.2. The molecule has 0 aromatic rings. The van der Waals surface area contributed by atoms with Gasteiger partial charge in [0.15, 0.2) is 10.2 Å². The average molecular weight is 554 g/mol. The SMILES string of the molecule is CCNC(=S)NC12C[N-]CC[N-]CC(NC(=S)NCC)(C[N-]CC[N-]C1)C[N-]CC[N-]C2.[Cu].[HH].[HH].[HH].[HH]. The van der Waals surface area contributed by atoms with Gasteiger partial charge in [0.25, 0.3) is 0 Å². The molecule has 0 saturated carbocycles. The largest absolute Gasteiger partial charge is 0.662 e. The Morgan fingerprint density at radius 2 is 0.848 bits per heavy atom. The molecule has 2 bridgehead atoms. The Morgan fingerprint density at radius 3 is 1.06 bits per heavy atom. The third-order valence-electron chi connectivity index (χ3n) is 5.17. The predicted molar refractivity (Wildman–Crippen MR) is 151 cm³/mol. The first-order valence-corrected chi connectivity index (χ1v) is 12.3. The number of hydrogen-bond donors (Lipinski definition) is 4. The first-order valence-electron chi connectivity index (χ1n) is 11.4. The van der Waals surface area contributed by atoms with Crippen LogP contribution in [0.25, 0.3) is 31.9 Å². The molecule has 3 heterocycles. The van der Waals surface area contributed by atoms with Crippen molar-refractivity contribution in [1.29, 1.82) is 0 Å². The zero-order valence-corrected chi connectivity index (χ0v) is 22.3. The van der Waals surface area contributed by atoms with E-state index in [4.69, 9.17) is 56.3 Å². The molecular weight excluding hydrogens is 508 g/mol. The van der Waals surface area contributed by atoms with Gasteiger partial charge in [0, 0.05) is 35.9 Å². The summed E-state index contributed by atoms with van der Waals surface area (Å²) in [7, 11) is 0. The maximum Gasteiger partial charge on any atom is 0.166 e. The summed E-state index contributed by atoms with van der Waals surface area (Å²) in [4.78, 5) is 0. The zero-order chi connectivity index (χ0) is 23.1. The molecule has 3 rings (SSSR count). The molecule has 0 spiro atoms. The molecular formula is C20H46CuN10S2-6. The normalized spacial score (nSPS) is 27.8. The Kier molecular flexibility index (Phi) is 15.9. The number of rotatable bonds is 4. The first kappa shape index (κ1) is 30.7. The Bertz CT molecular complexity index is 496. The van der Waals surface area contributed by atoms with E-state index in [0.29, 0.717) is 88.8 Å². The van der Waals surface area contributed by atoms with Crippen molar-refractivity contribution in [1.82, 2.24) is 21.3 Å². The van der Waals surface area contributed by atoms with Crippen molar-refractivity contribution >= 4 is 34.7 Å². The van der Waals surface area contributed by atoms with Gasteiger partial charge in [0.05, 0.1) is 0 Å². The molecule has 4 N–H and O–H groups in total. The van der Waals surface area contributed by atoms with Gasteiger partial charge in [-0.15, -0.1) is 39.3 Å². The fraction of sp³-hybridized carbons (Fsp3) is 0.900. The predicted octanol–water partition coefficient (Wildman–Crippen LogP) is 2.68. The molecule has 33 heavy (non-hydrogen) atoms. The van der Waals surface area contributed by atoms with Gasteiger partial charge < -0.3 is 53.2 Å². The molecule has 0 aliphatic carbocycles. The van der Waals surface area contributed by atoms with Gasteiger partial charge >= 0.3 is 0 Å². The van der Waals surface area contributed by atoms with Crippen molar-refractivity contribution in [3.63, 3.8) is 0 Å². The number of hydrogen-bond acceptors (Lipinski definition) is 2. The minimum atomic E-state index is -0.434. The van der Waals surface area contributed by atoms with Crippen molar-refractivity contribution < 1.29 is 22.8 Å². The maximum absolute atomic E-state index is 5.48. The molecule has 3 aliphatic rings. The van der Waals surface area contributed by atoms with Crippen molar-refractivity contribution in [2.75, 3.05) is 91.6 Å². The fourth-order valence-electron chi connectivity index (χ4n) is 3.61. The fourth-order valence-corrected chi connectivity index (χ4v) is 4.33. The molecule has 3 fully saturated rings. The first-order chi connectivity index (χ1) is 15.5. The standard InChI is InChI=1S/C20H38N10S2.Cu.4H2/c1-3-27-17(31)29-19-11-21-5-8-24-14-20(30-18(32)28-4-2,15-25-9-6-22-12-19)16-26-10-7-23-13-19;;;;;/h3-16H2,1-2H3,(H2,27,29,31)(H2,28,30,32);;4*1H/q-6;;;;;. The van der Waals surface area contributed by atoms with Crippen LogP contribution in [0.2, 0.25) is 0 Å². The van der Waals surface area contributed by atoms with Gasteiger partial charge in [-0.05, 0) is 49.4 Å². The van der Waals surface area contributed by atoms with E-state index in [1.807, 2.05) is 13.8 Å². The van der Waals surface area contributed by atoms with Crippen LogP contribution in [0.3, 0.4) is 0 Å². The molecule has 0 amide bonds. The van der Waals surface area contributed by atoms with E-state index < -0.39 is 11.1 Å². The van der Waals surface area contributed by atoms with Crippen LogP contribution in [0.1, 0.15) is 19.6 Å². The van der Waals surface area contributed by atoms with Gasteiger partial charge in [-0.2, -0.15) is 39.3 Å². The van der Waals surface area contributed by atoms with Crippen LogP contribution in [0.4, 0.5) is 0 Å².